The second-order valence-corrected chi connectivity index (χ2v) is 6.97. The maximum atomic E-state index is 13.1. The number of rotatable bonds is 2. The molecule has 1 aromatic rings. The average molecular weight is 321 g/mol. The molecular weight excluding hydrogens is 307 g/mol. The van der Waals surface area contributed by atoms with Gasteiger partial charge in [0.05, 0.1) is 11.3 Å². The third kappa shape index (κ3) is 3.28. The second-order valence-electron chi connectivity index (χ2n) is 4.58. The van der Waals surface area contributed by atoms with Crippen molar-refractivity contribution in [3.05, 3.63) is 34.6 Å². The summed E-state index contributed by atoms with van der Waals surface area (Å²) in [5.74, 6) is -0.856. The minimum atomic E-state index is -3.23. The van der Waals surface area contributed by atoms with Crippen molar-refractivity contribution in [1.82, 2.24) is 9.21 Å². The number of carbonyl (C=O) groups excluding carboxylic acids is 1. The van der Waals surface area contributed by atoms with Gasteiger partial charge in [-0.05, 0) is 18.2 Å². The molecule has 8 heteroatoms. The quantitative estimate of drug-likeness (QED) is 0.822. The molecule has 0 saturated carbocycles. The Labute approximate surface area is 122 Å². The van der Waals surface area contributed by atoms with Crippen LogP contribution in [-0.2, 0) is 10.0 Å². The van der Waals surface area contributed by atoms with Crippen molar-refractivity contribution in [1.29, 1.82) is 0 Å². The van der Waals surface area contributed by atoms with E-state index in [9.17, 15) is 17.6 Å². The number of halogens is 2. The zero-order valence-electron chi connectivity index (χ0n) is 10.8. The summed E-state index contributed by atoms with van der Waals surface area (Å²) in [6.45, 7) is 1.14. The summed E-state index contributed by atoms with van der Waals surface area (Å²) in [7, 11) is -3.23. The van der Waals surface area contributed by atoms with E-state index < -0.39 is 15.8 Å². The highest BCUT2D eigenvalue weighted by Gasteiger charge is 2.26. The van der Waals surface area contributed by atoms with E-state index in [-0.39, 0.29) is 24.0 Å². The van der Waals surface area contributed by atoms with Gasteiger partial charge in [-0.2, -0.15) is 4.31 Å². The molecule has 0 radical (unpaired) electrons. The molecule has 1 aliphatic rings. The van der Waals surface area contributed by atoms with E-state index in [0.717, 1.165) is 12.3 Å². The van der Waals surface area contributed by atoms with Crippen LogP contribution in [0, 0.1) is 5.82 Å². The van der Waals surface area contributed by atoms with Crippen LogP contribution in [0.5, 0.6) is 0 Å². The molecule has 2 rings (SSSR count). The lowest BCUT2D eigenvalue weighted by Gasteiger charge is -2.33. The van der Waals surface area contributed by atoms with Gasteiger partial charge >= 0.3 is 0 Å². The molecule has 110 valence electrons. The second kappa shape index (κ2) is 5.67. The predicted molar refractivity (Wildman–Crippen MR) is 73.7 cm³/mol. The minimum absolute atomic E-state index is 0.106. The van der Waals surface area contributed by atoms with Gasteiger partial charge in [-0.25, -0.2) is 12.8 Å². The van der Waals surface area contributed by atoms with E-state index in [1.807, 2.05) is 0 Å². The Morgan fingerprint density at radius 1 is 1.25 bits per heavy atom. The number of sulfonamides is 1. The maximum Gasteiger partial charge on any atom is 0.253 e. The first kappa shape index (κ1) is 15.2. The summed E-state index contributed by atoms with van der Waals surface area (Å²) in [6.07, 6.45) is 1.14. The topological polar surface area (TPSA) is 57.7 Å². The Kier molecular flexibility index (Phi) is 4.31. The van der Waals surface area contributed by atoms with Crippen LogP contribution in [-0.4, -0.2) is 56.0 Å². The highest BCUT2D eigenvalue weighted by Crippen LogP contribution is 2.18. The van der Waals surface area contributed by atoms with Crippen LogP contribution in [0.4, 0.5) is 4.39 Å². The molecular formula is C12H14ClFN2O3S. The number of hydrogen-bond acceptors (Lipinski definition) is 3. The van der Waals surface area contributed by atoms with E-state index in [1.165, 1.54) is 21.3 Å². The zero-order valence-corrected chi connectivity index (χ0v) is 12.4. The van der Waals surface area contributed by atoms with Crippen LogP contribution in [0.1, 0.15) is 10.4 Å². The number of carbonyl (C=O) groups is 1. The van der Waals surface area contributed by atoms with Crippen LogP contribution in [0.25, 0.3) is 0 Å². The lowest BCUT2D eigenvalue weighted by Crippen LogP contribution is -2.50. The SMILES string of the molecule is CS(=O)(=O)N1CCN(C(=O)c2ccc(F)c(Cl)c2)CC1. The minimum Gasteiger partial charge on any atom is -0.336 e. The third-order valence-electron chi connectivity index (χ3n) is 3.16. The molecule has 0 aromatic heterocycles. The molecule has 0 aliphatic carbocycles. The standard InChI is InChI=1S/C12H14ClFN2O3S/c1-20(18,19)16-6-4-15(5-7-16)12(17)9-2-3-11(14)10(13)8-9/h2-3,8H,4-7H2,1H3. The highest BCUT2D eigenvalue weighted by atomic mass is 35.5. The predicted octanol–water partition coefficient (Wildman–Crippen LogP) is 1.20. The van der Waals surface area contributed by atoms with Crippen molar-refractivity contribution >= 4 is 27.5 Å². The van der Waals surface area contributed by atoms with E-state index in [1.54, 1.807) is 0 Å². The Morgan fingerprint density at radius 2 is 1.85 bits per heavy atom. The lowest BCUT2D eigenvalue weighted by molar-refractivity contribution is 0.0698. The van der Waals surface area contributed by atoms with Crippen LogP contribution in [0.2, 0.25) is 5.02 Å². The Morgan fingerprint density at radius 3 is 2.35 bits per heavy atom. The average Bonchev–Trinajstić information content (AvgIpc) is 2.40. The summed E-state index contributed by atoms with van der Waals surface area (Å²) >= 11 is 5.65. The summed E-state index contributed by atoms with van der Waals surface area (Å²) in [5.41, 5.74) is 0.296. The smallest absolute Gasteiger partial charge is 0.253 e. The van der Waals surface area contributed by atoms with E-state index in [4.69, 9.17) is 11.6 Å². The van der Waals surface area contributed by atoms with Crippen LogP contribution in [0.3, 0.4) is 0 Å². The highest BCUT2D eigenvalue weighted by molar-refractivity contribution is 7.88. The Bertz CT molecular complexity index is 628. The molecule has 0 spiro atoms. The summed E-state index contributed by atoms with van der Waals surface area (Å²) in [4.78, 5) is 13.7. The maximum absolute atomic E-state index is 13.1. The molecule has 1 aromatic carbocycles. The van der Waals surface area contributed by atoms with Crippen molar-refractivity contribution in [2.45, 2.75) is 0 Å². The van der Waals surface area contributed by atoms with Crippen molar-refractivity contribution in [3.63, 3.8) is 0 Å². The molecule has 0 bridgehead atoms. The molecule has 0 atom stereocenters. The molecule has 1 fully saturated rings. The summed E-state index contributed by atoms with van der Waals surface area (Å²) in [5, 5.41) is -0.106. The van der Waals surface area contributed by atoms with Crippen molar-refractivity contribution < 1.29 is 17.6 Å². The van der Waals surface area contributed by atoms with Gasteiger partial charge < -0.3 is 4.90 Å². The fraction of sp³-hybridized carbons (Fsp3) is 0.417. The van der Waals surface area contributed by atoms with Gasteiger partial charge in [0.1, 0.15) is 5.82 Å². The molecule has 0 unspecified atom stereocenters. The van der Waals surface area contributed by atoms with Gasteiger partial charge in [0.2, 0.25) is 10.0 Å². The first-order valence-corrected chi connectivity index (χ1v) is 8.21. The number of piperazine rings is 1. The first-order valence-electron chi connectivity index (χ1n) is 5.98. The lowest BCUT2D eigenvalue weighted by atomic mass is 10.2. The van der Waals surface area contributed by atoms with Crippen LogP contribution in [0.15, 0.2) is 18.2 Å². The Balaban J connectivity index is 2.07. The molecule has 1 heterocycles. The largest absolute Gasteiger partial charge is 0.336 e. The number of benzene rings is 1. The first-order chi connectivity index (χ1) is 9.29. The fourth-order valence-corrected chi connectivity index (χ4v) is 3.04. The number of nitrogens with zero attached hydrogens (tertiary/aromatic N) is 2. The molecule has 5 nitrogen and oxygen atoms in total. The number of amides is 1. The summed E-state index contributed by atoms with van der Waals surface area (Å²) < 4.78 is 37.1. The van der Waals surface area contributed by atoms with Crippen LogP contribution >= 0.6 is 11.6 Å². The van der Waals surface area contributed by atoms with Gasteiger partial charge in [-0.3, -0.25) is 4.79 Å². The van der Waals surface area contributed by atoms with Gasteiger partial charge in [0, 0.05) is 31.7 Å². The van der Waals surface area contributed by atoms with Gasteiger partial charge in [-0.1, -0.05) is 11.6 Å². The fourth-order valence-electron chi connectivity index (χ4n) is 2.03. The van der Waals surface area contributed by atoms with Crippen molar-refractivity contribution in [2.24, 2.45) is 0 Å². The van der Waals surface area contributed by atoms with Gasteiger partial charge in [0.15, 0.2) is 0 Å². The van der Waals surface area contributed by atoms with E-state index in [2.05, 4.69) is 0 Å². The van der Waals surface area contributed by atoms with Gasteiger partial charge in [-0.15, -0.1) is 0 Å². The number of hydrogen-bond donors (Lipinski definition) is 0. The van der Waals surface area contributed by atoms with Crippen LogP contribution < -0.4 is 0 Å². The van der Waals surface area contributed by atoms with Crippen molar-refractivity contribution in [2.75, 3.05) is 32.4 Å². The van der Waals surface area contributed by atoms with E-state index in [0.29, 0.717) is 18.7 Å². The molecule has 1 saturated heterocycles. The monoisotopic (exact) mass is 320 g/mol. The molecule has 1 aliphatic heterocycles. The molecule has 0 N–H and O–H groups in total. The van der Waals surface area contributed by atoms with Crippen molar-refractivity contribution in [3.8, 4) is 0 Å². The third-order valence-corrected chi connectivity index (χ3v) is 4.75. The summed E-state index contributed by atoms with van der Waals surface area (Å²) in [6, 6.07) is 3.79. The normalized spacial score (nSPS) is 17.2. The molecule has 1 amide bonds. The molecule has 20 heavy (non-hydrogen) atoms. The van der Waals surface area contributed by atoms with Gasteiger partial charge in [0.25, 0.3) is 5.91 Å². The Hall–Kier alpha value is -1.18. The zero-order chi connectivity index (χ0) is 14.9. The van der Waals surface area contributed by atoms with E-state index >= 15 is 0 Å².